The molecule has 1 atom stereocenters. The van der Waals surface area contributed by atoms with Crippen LogP contribution in [0.4, 0.5) is 0 Å². The molecular weight excluding hydrogens is 256 g/mol. The van der Waals surface area contributed by atoms with Crippen molar-refractivity contribution in [1.29, 1.82) is 0 Å². The maximum atomic E-state index is 11.8. The van der Waals surface area contributed by atoms with Crippen molar-refractivity contribution < 1.29 is 4.79 Å². The molecule has 0 aliphatic rings. The molecule has 1 aromatic heterocycles. The Morgan fingerprint density at radius 2 is 2.24 bits per heavy atom. The average molecular weight is 275 g/mol. The predicted octanol–water partition coefficient (Wildman–Crippen LogP) is 2.29. The Kier molecular flexibility index (Phi) is 5.95. The molecular formula is C12H19ClN2OS. The first-order chi connectivity index (χ1) is 8.04. The summed E-state index contributed by atoms with van der Waals surface area (Å²) < 4.78 is 0.786. The highest BCUT2D eigenvalue weighted by molar-refractivity contribution is 7.16. The summed E-state index contributed by atoms with van der Waals surface area (Å²) in [7, 11) is 0. The van der Waals surface area contributed by atoms with E-state index in [1.165, 1.54) is 4.88 Å². The van der Waals surface area contributed by atoms with E-state index < -0.39 is 0 Å². The van der Waals surface area contributed by atoms with E-state index in [-0.39, 0.29) is 17.7 Å². The molecule has 0 aliphatic carbocycles. The first-order valence-corrected chi connectivity index (χ1v) is 6.96. The molecule has 0 saturated carbocycles. The molecule has 0 aromatic carbocycles. The maximum absolute atomic E-state index is 11.8. The highest BCUT2D eigenvalue weighted by Crippen LogP contribution is 2.21. The SMILES string of the molecule is CC(C)C(CN)C(=O)NCCc1ccc(Cl)s1. The molecule has 96 valence electrons. The number of carbonyl (C=O) groups is 1. The Hall–Kier alpha value is -0.580. The molecule has 0 radical (unpaired) electrons. The molecule has 0 fully saturated rings. The first kappa shape index (κ1) is 14.5. The number of halogens is 1. The second kappa shape index (κ2) is 6.99. The van der Waals surface area contributed by atoms with Gasteiger partial charge in [-0.1, -0.05) is 25.4 Å². The number of nitrogens with two attached hydrogens (primary N) is 1. The molecule has 1 aromatic rings. The minimum atomic E-state index is -0.0954. The van der Waals surface area contributed by atoms with Crippen molar-refractivity contribution in [1.82, 2.24) is 5.32 Å². The number of thiophene rings is 1. The van der Waals surface area contributed by atoms with Crippen LogP contribution in [0.5, 0.6) is 0 Å². The van der Waals surface area contributed by atoms with E-state index in [0.717, 1.165) is 10.8 Å². The zero-order valence-electron chi connectivity index (χ0n) is 10.2. The van der Waals surface area contributed by atoms with Crippen molar-refractivity contribution in [2.24, 2.45) is 17.6 Å². The van der Waals surface area contributed by atoms with Gasteiger partial charge < -0.3 is 11.1 Å². The molecule has 1 heterocycles. The fraction of sp³-hybridized carbons (Fsp3) is 0.583. The van der Waals surface area contributed by atoms with Gasteiger partial charge in [-0.05, 0) is 24.5 Å². The number of amides is 1. The minimum Gasteiger partial charge on any atom is -0.355 e. The highest BCUT2D eigenvalue weighted by atomic mass is 35.5. The van der Waals surface area contributed by atoms with Crippen LogP contribution in [0.25, 0.3) is 0 Å². The summed E-state index contributed by atoms with van der Waals surface area (Å²) in [5.74, 6) is 0.225. The average Bonchev–Trinajstić information content (AvgIpc) is 2.64. The lowest BCUT2D eigenvalue weighted by Crippen LogP contribution is -2.38. The van der Waals surface area contributed by atoms with Gasteiger partial charge in [0.25, 0.3) is 0 Å². The number of hydrogen-bond donors (Lipinski definition) is 2. The van der Waals surface area contributed by atoms with Crippen LogP contribution in [0.15, 0.2) is 12.1 Å². The molecule has 3 nitrogen and oxygen atoms in total. The molecule has 0 bridgehead atoms. The summed E-state index contributed by atoms with van der Waals surface area (Å²) in [5.41, 5.74) is 5.58. The van der Waals surface area contributed by atoms with Crippen LogP contribution in [-0.2, 0) is 11.2 Å². The minimum absolute atomic E-state index is 0.0464. The van der Waals surface area contributed by atoms with Gasteiger partial charge in [-0.3, -0.25) is 4.79 Å². The van der Waals surface area contributed by atoms with Crippen molar-refractivity contribution in [2.75, 3.05) is 13.1 Å². The van der Waals surface area contributed by atoms with Gasteiger partial charge in [0.2, 0.25) is 5.91 Å². The molecule has 1 amide bonds. The first-order valence-electron chi connectivity index (χ1n) is 5.76. The van der Waals surface area contributed by atoms with Crippen molar-refractivity contribution in [2.45, 2.75) is 20.3 Å². The fourth-order valence-electron chi connectivity index (χ4n) is 1.61. The number of nitrogens with one attached hydrogen (secondary N) is 1. The van der Waals surface area contributed by atoms with Gasteiger partial charge in [-0.25, -0.2) is 0 Å². The van der Waals surface area contributed by atoms with Gasteiger partial charge in [-0.2, -0.15) is 0 Å². The molecule has 0 aliphatic heterocycles. The standard InChI is InChI=1S/C12H19ClN2OS/c1-8(2)10(7-14)12(16)15-6-5-9-3-4-11(13)17-9/h3-4,8,10H,5-7,14H2,1-2H3,(H,15,16). The summed E-state index contributed by atoms with van der Waals surface area (Å²) in [4.78, 5) is 13.0. The molecule has 5 heteroatoms. The summed E-state index contributed by atoms with van der Waals surface area (Å²) in [6.07, 6.45) is 0.818. The van der Waals surface area contributed by atoms with Crippen LogP contribution >= 0.6 is 22.9 Å². The lowest BCUT2D eigenvalue weighted by atomic mass is 9.95. The fourth-order valence-corrected chi connectivity index (χ4v) is 2.70. The van der Waals surface area contributed by atoms with Crippen LogP contribution in [0, 0.1) is 11.8 Å². The van der Waals surface area contributed by atoms with Crippen LogP contribution in [0.1, 0.15) is 18.7 Å². The zero-order valence-corrected chi connectivity index (χ0v) is 11.8. The van der Waals surface area contributed by atoms with E-state index in [2.05, 4.69) is 5.32 Å². The summed E-state index contributed by atoms with van der Waals surface area (Å²) in [6, 6.07) is 3.86. The lowest BCUT2D eigenvalue weighted by Gasteiger charge is -2.17. The number of carbonyl (C=O) groups excluding carboxylic acids is 1. The Labute approximate surface area is 111 Å². The quantitative estimate of drug-likeness (QED) is 0.836. The third-order valence-electron chi connectivity index (χ3n) is 2.69. The Bertz CT molecular complexity index is 365. The van der Waals surface area contributed by atoms with E-state index in [4.69, 9.17) is 17.3 Å². The monoisotopic (exact) mass is 274 g/mol. The highest BCUT2D eigenvalue weighted by Gasteiger charge is 2.19. The van der Waals surface area contributed by atoms with Gasteiger partial charge in [-0.15, -0.1) is 11.3 Å². The van der Waals surface area contributed by atoms with Gasteiger partial charge in [0.1, 0.15) is 0 Å². The largest absolute Gasteiger partial charge is 0.355 e. The predicted molar refractivity (Wildman–Crippen MR) is 73.4 cm³/mol. The molecule has 1 unspecified atom stereocenters. The van der Waals surface area contributed by atoms with Crippen LogP contribution in [0.2, 0.25) is 4.34 Å². The summed E-state index contributed by atoms with van der Waals surface area (Å²) >= 11 is 7.38. The Morgan fingerprint density at radius 1 is 1.53 bits per heavy atom. The van der Waals surface area contributed by atoms with Crippen molar-refractivity contribution >= 4 is 28.8 Å². The van der Waals surface area contributed by atoms with Crippen LogP contribution in [-0.4, -0.2) is 19.0 Å². The third kappa shape index (κ3) is 4.66. The molecule has 17 heavy (non-hydrogen) atoms. The molecule has 1 rings (SSSR count). The van der Waals surface area contributed by atoms with E-state index in [1.54, 1.807) is 11.3 Å². The maximum Gasteiger partial charge on any atom is 0.224 e. The second-order valence-corrected chi connectivity index (χ2v) is 6.13. The van der Waals surface area contributed by atoms with Gasteiger partial charge in [0, 0.05) is 18.0 Å². The molecule has 3 N–H and O–H groups in total. The third-order valence-corrected chi connectivity index (χ3v) is 3.99. The van der Waals surface area contributed by atoms with E-state index in [1.807, 2.05) is 26.0 Å². The topological polar surface area (TPSA) is 55.1 Å². The van der Waals surface area contributed by atoms with E-state index in [9.17, 15) is 4.79 Å². The molecule has 0 spiro atoms. The summed E-state index contributed by atoms with van der Waals surface area (Å²) in [6.45, 7) is 5.06. The van der Waals surface area contributed by atoms with Crippen LogP contribution < -0.4 is 11.1 Å². The zero-order chi connectivity index (χ0) is 12.8. The van der Waals surface area contributed by atoms with Gasteiger partial charge in [0.15, 0.2) is 0 Å². The smallest absolute Gasteiger partial charge is 0.224 e. The van der Waals surface area contributed by atoms with Crippen molar-refractivity contribution in [3.05, 3.63) is 21.3 Å². The molecule has 0 saturated heterocycles. The van der Waals surface area contributed by atoms with E-state index >= 15 is 0 Å². The normalized spacial score (nSPS) is 12.8. The van der Waals surface area contributed by atoms with E-state index in [0.29, 0.717) is 13.1 Å². The number of hydrogen-bond acceptors (Lipinski definition) is 3. The van der Waals surface area contributed by atoms with Crippen molar-refractivity contribution in [3.63, 3.8) is 0 Å². The van der Waals surface area contributed by atoms with Crippen LogP contribution in [0.3, 0.4) is 0 Å². The second-order valence-electron chi connectivity index (χ2n) is 4.33. The summed E-state index contributed by atoms with van der Waals surface area (Å²) in [5, 5.41) is 2.92. The number of rotatable bonds is 6. The lowest BCUT2D eigenvalue weighted by molar-refractivity contribution is -0.125. The van der Waals surface area contributed by atoms with Crippen molar-refractivity contribution in [3.8, 4) is 0 Å². The Balaban J connectivity index is 2.33. The van der Waals surface area contributed by atoms with Gasteiger partial charge in [0.05, 0.1) is 10.3 Å². The van der Waals surface area contributed by atoms with Gasteiger partial charge >= 0.3 is 0 Å². The Morgan fingerprint density at radius 3 is 2.71 bits per heavy atom.